The van der Waals surface area contributed by atoms with Gasteiger partial charge in [-0.1, -0.05) is 42.8 Å². The molecule has 0 fully saturated rings. The van der Waals surface area contributed by atoms with Gasteiger partial charge in [-0.25, -0.2) is 0 Å². The first-order valence-corrected chi connectivity index (χ1v) is 8.44. The molecular formula is C17H21ClN2S. The van der Waals surface area contributed by atoms with Crippen molar-refractivity contribution in [2.75, 3.05) is 5.75 Å². The second kappa shape index (κ2) is 7.85. The first kappa shape index (κ1) is 16.4. The molecule has 0 saturated carbocycles. The molecule has 4 heteroatoms. The summed E-state index contributed by atoms with van der Waals surface area (Å²) in [6.45, 7) is 4.20. The monoisotopic (exact) mass is 320 g/mol. The minimum absolute atomic E-state index is 0.0610. The molecule has 0 aliphatic heterocycles. The highest BCUT2D eigenvalue weighted by Crippen LogP contribution is 2.26. The Balaban J connectivity index is 2.15. The molecule has 0 heterocycles. The van der Waals surface area contributed by atoms with Gasteiger partial charge in [0.15, 0.2) is 0 Å². The number of benzene rings is 2. The smallest absolute Gasteiger partial charge is 0.0500 e. The van der Waals surface area contributed by atoms with Gasteiger partial charge in [0.05, 0.1) is 6.04 Å². The summed E-state index contributed by atoms with van der Waals surface area (Å²) in [4.78, 5) is 1.28. The summed E-state index contributed by atoms with van der Waals surface area (Å²) in [6, 6.07) is 14.8. The van der Waals surface area contributed by atoms with Gasteiger partial charge < -0.3 is 0 Å². The molecule has 0 bridgehead atoms. The Morgan fingerprint density at radius 3 is 2.48 bits per heavy atom. The minimum Gasteiger partial charge on any atom is -0.271 e. The maximum Gasteiger partial charge on any atom is 0.0500 e. The van der Waals surface area contributed by atoms with E-state index in [1.54, 1.807) is 0 Å². The molecule has 2 aromatic carbocycles. The average molecular weight is 321 g/mol. The van der Waals surface area contributed by atoms with E-state index in [2.05, 4.69) is 48.7 Å². The average Bonchev–Trinajstić information content (AvgIpc) is 2.48. The van der Waals surface area contributed by atoms with Crippen LogP contribution in [0, 0.1) is 6.92 Å². The molecule has 0 saturated heterocycles. The number of hydrogen-bond donors (Lipinski definition) is 2. The molecule has 3 N–H and O–H groups in total. The van der Waals surface area contributed by atoms with Crippen molar-refractivity contribution in [3.05, 3.63) is 64.2 Å². The van der Waals surface area contributed by atoms with Gasteiger partial charge in [0.2, 0.25) is 0 Å². The van der Waals surface area contributed by atoms with E-state index in [9.17, 15) is 0 Å². The summed E-state index contributed by atoms with van der Waals surface area (Å²) in [5.74, 6) is 6.81. The van der Waals surface area contributed by atoms with E-state index in [4.69, 9.17) is 17.4 Å². The lowest BCUT2D eigenvalue weighted by Crippen LogP contribution is -2.29. The number of nitrogens with two attached hydrogens (primary N) is 1. The molecule has 2 aromatic rings. The highest BCUT2D eigenvalue weighted by atomic mass is 35.5. The van der Waals surface area contributed by atoms with Gasteiger partial charge in [-0.15, -0.1) is 11.8 Å². The van der Waals surface area contributed by atoms with Gasteiger partial charge in [-0.05, 0) is 54.0 Å². The molecule has 0 amide bonds. The molecule has 21 heavy (non-hydrogen) atoms. The number of halogens is 1. The van der Waals surface area contributed by atoms with Gasteiger partial charge >= 0.3 is 0 Å². The van der Waals surface area contributed by atoms with E-state index in [-0.39, 0.29) is 6.04 Å². The van der Waals surface area contributed by atoms with Gasteiger partial charge in [0, 0.05) is 9.92 Å². The lowest BCUT2D eigenvalue weighted by molar-refractivity contribution is 0.551. The van der Waals surface area contributed by atoms with Crippen LogP contribution in [0.15, 0.2) is 47.4 Å². The van der Waals surface area contributed by atoms with E-state index >= 15 is 0 Å². The zero-order valence-corrected chi connectivity index (χ0v) is 14.0. The fraction of sp³-hybridized carbons (Fsp3) is 0.294. The molecule has 1 atom stereocenters. The van der Waals surface area contributed by atoms with Crippen molar-refractivity contribution in [3.8, 4) is 0 Å². The molecule has 1 unspecified atom stereocenters. The second-order valence-corrected chi connectivity index (χ2v) is 6.76. The van der Waals surface area contributed by atoms with Crippen LogP contribution in [0.5, 0.6) is 0 Å². The molecule has 0 aliphatic rings. The van der Waals surface area contributed by atoms with Gasteiger partial charge in [-0.3, -0.25) is 11.3 Å². The van der Waals surface area contributed by atoms with Gasteiger partial charge in [-0.2, -0.15) is 0 Å². The molecule has 0 radical (unpaired) electrons. The summed E-state index contributed by atoms with van der Waals surface area (Å²) in [5.41, 5.74) is 6.35. The maximum atomic E-state index is 6.31. The molecule has 2 nitrogen and oxygen atoms in total. The van der Waals surface area contributed by atoms with E-state index < -0.39 is 0 Å². The zero-order chi connectivity index (χ0) is 15.2. The lowest BCUT2D eigenvalue weighted by atomic mass is 9.99. The van der Waals surface area contributed by atoms with Crippen LogP contribution in [0.25, 0.3) is 0 Å². The van der Waals surface area contributed by atoms with Crippen LogP contribution in [0.3, 0.4) is 0 Å². The third-order valence-corrected chi connectivity index (χ3v) is 4.67. The van der Waals surface area contributed by atoms with Gasteiger partial charge in [0.1, 0.15) is 0 Å². The summed E-state index contributed by atoms with van der Waals surface area (Å²) in [5, 5.41) is 0.799. The largest absolute Gasteiger partial charge is 0.271 e. The summed E-state index contributed by atoms with van der Waals surface area (Å²) in [7, 11) is 0. The topological polar surface area (TPSA) is 38.0 Å². The van der Waals surface area contributed by atoms with Crippen molar-refractivity contribution in [1.82, 2.24) is 5.43 Å². The third kappa shape index (κ3) is 4.48. The summed E-state index contributed by atoms with van der Waals surface area (Å²) >= 11 is 8.15. The Hall–Kier alpha value is -1.00. The number of hydrogen-bond acceptors (Lipinski definition) is 3. The Morgan fingerprint density at radius 2 is 1.90 bits per heavy atom. The van der Waals surface area contributed by atoms with Crippen LogP contribution in [-0.4, -0.2) is 5.75 Å². The predicted octanol–water partition coefficient (Wildman–Crippen LogP) is 4.51. The van der Waals surface area contributed by atoms with Crippen LogP contribution in [0.4, 0.5) is 0 Å². The molecular weight excluding hydrogens is 300 g/mol. The molecule has 112 valence electrons. The number of aryl methyl sites for hydroxylation is 1. The Morgan fingerprint density at radius 1 is 1.19 bits per heavy atom. The van der Waals surface area contributed by atoms with Crippen LogP contribution < -0.4 is 11.3 Å². The normalized spacial score (nSPS) is 12.4. The van der Waals surface area contributed by atoms with Crippen LogP contribution in [-0.2, 0) is 6.42 Å². The number of rotatable bonds is 6. The molecule has 0 spiro atoms. The van der Waals surface area contributed by atoms with Crippen molar-refractivity contribution < 1.29 is 0 Å². The fourth-order valence-electron chi connectivity index (χ4n) is 2.27. The van der Waals surface area contributed by atoms with Crippen molar-refractivity contribution in [2.45, 2.75) is 31.2 Å². The van der Waals surface area contributed by atoms with Gasteiger partial charge in [0.25, 0.3) is 0 Å². The van der Waals surface area contributed by atoms with Crippen molar-refractivity contribution in [3.63, 3.8) is 0 Å². The standard InChI is InChI=1S/C17H21ClN2S/c1-3-21-15-8-6-13(7-9-15)17(20-19)11-14-5-4-12(2)10-16(14)18/h4-10,17,20H,3,11,19H2,1-2H3. The van der Waals surface area contributed by atoms with E-state index in [1.807, 2.05) is 24.8 Å². The third-order valence-electron chi connectivity index (χ3n) is 3.43. The molecule has 0 aromatic heterocycles. The summed E-state index contributed by atoms with van der Waals surface area (Å²) < 4.78 is 0. The van der Waals surface area contributed by atoms with Crippen molar-refractivity contribution in [1.29, 1.82) is 0 Å². The highest BCUT2D eigenvalue weighted by molar-refractivity contribution is 7.99. The summed E-state index contributed by atoms with van der Waals surface area (Å²) in [6.07, 6.45) is 0.774. The Bertz CT molecular complexity index is 584. The lowest BCUT2D eigenvalue weighted by Gasteiger charge is -2.18. The Labute approximate surface area is 136 Å². The van der Waals surface area contributed by atoms with Crippen molar-refractivity contribution in [2.24, 2.45) is 5.84 Å². The maximum absolute atomic E-state index is 6.31. The van der Waals surface area contributed by atoms with Crippen LogP contribution >= 0.6 is 23.4 Å². The first-order chi connectivity index (χ1) is 10.1. The molecule has 2 rings (SSSR count). The predicted molar refractivity (Wildman–Crippen MR) is 92.8 cm³/mol. The quantitative estimate of drug-likeness (QED) is 0.467. The SMILES string of the molecule is CCSc1ccc(C(Cc2ccc(C)cc2Cl)NN)cc1. The van der Waals surface area contributed by atoms with E-state index in [1.165, 1.54) is 16.0 Å². The zero-order valence-electron chi connectivity index (χ0n) is 12.4. The van der Waals surface area contributed by atoms with E-state index in [0.29, 0.717) is 0 Å². The highest BCUT2D eigenvalue weighted by Gasteiger charge is 2.12. The Kier molecular flexibility index (Phi) is 6.12. The number of nitrogens with one attached hydrogen (secondary N) is 1. The van der Waals surface area contributed by atoms with Crippen LogP contribution in [0.2, 0.25) is 5.02 Å². The fourth-order valence-corrected chi connectivity index (χ4v) is 3.25. The molecule has 0 aliphatic carbocycles. The number of thioether (sulfide) groups is 1. The number of hydrazine groups is 1. The van der Waals surface area contributed by atoms with E-state index in [0.717, 1.165) is 22.8 Å². The minimum atomic E-state index is 0.0610. The van der Waals surface area contributed by atoms with Crippen LogP contribution in [0.1, 0.15) is 29.7 Å². The van der Waals surface area contributed by atoms with Crippen molar-refractivity contribution >= 4 is 23.4 Å². The second-order valence-electron chi connectivity index (χ2n) is 5.02. The first-order valence-electron chi connectivity index (χ1n) is 7.08.